The summed E-state index contributed by atoms with van der Waals surface area (Å²) in [7, 11) is 1.25. The van der Waals surface area contributed by atoms with E-state index in [0.717, 1.165) is 24.3 Å². The molecule has 0 fully saturated rings. The third-order valence-corrected chi connectivity index (χ3v) is 3.47. The number of anilines is 1. The minimum absolute atomic E-state index is 0.00164. The molecule has 6 nitrogen and oxygen atoms in total. The molecular weight excluding hydrogens is 365 g/mol. The van der Waals surface area contributed by atoms with Crippen molar-refractivity contribution >= 4 is 23.5 Å². The Morgan fingerprint density at radius 1 is 0.926 bits per heavy atom. The summed E-state index contributed by atoms with van der Waals surface area (Å²) in [5.41, 5.74) is -0.159. The lowest BCUT2D eigenvalue weighted by molar-refractivity contribution is -0.137. The molecule has 0 heterocycles. The molecule has 2 rings (SSSR count). The Morgan fingerprint density at radius 2 is 1.48 bits per heavy atom. The van der Waals surface area contributed by atoms with E-state index in [4.69, 9.17) is 0 Å². The number of carbonyl (C=O) groups excluding carboxylic acids is 3. The van der Waals surface area contributed by atoms with Gasteiger partial charge in [0, 0.05) is 11.3 Å². The molecule has 0 saturated carbocycles. The van der Waals surface area contributed by atoms with Crippen LogP contribution in [0.1, 0.15) is 26.3 Å². The van der Waals surface area contributed by atoms with Crippen molar-refractivity contribution in [2.24, 2.45) is 0 Å². The summed E-state index contributed by atoms with van der Waals surface area (Å²) in [5, 5.41) is 4.82. The summed E-state index contributed by atoms with van der Waals surface area (Å²) in [4.78, 5) is 35.0. The molecule has 2 amide bonds. The molecule has 0 aliphatic rings. The predicted octanol–water partition coefficient (Wildman–Crippen LogP) is 2.86. The van der Waals surface area contributed by atoms with Crippen LogP contribution in [0.25, 0.3) is 0 Å². The summed E-state index contributed by atoms with van der Waals surface area (Å²) in [6.45, 7) is -0.376. The van der Waals surface area contributed by atoms with E-state index >= 15 is 0 Å². The van der Waals surface area contributed by atoms with E-state index in [1.807, 2.05) is 0 Å². The van der Waals surface area contributed by atoms with Crippen LogP contribution in [0.5, 0.6) is 0 Å². The van der Waals surface area contributed by atoms with Gasteiger partial charge in [0.1, 0.15) is 0 Å². The average molecular weight is 380 g/mol. The van der Waals surface area contributed by atoms with Crippen LogP contribution in [0, 0.1) is 0 Å². The van der Waals surface area contributed by atoms with Gasteiger partial charge in [-0.2, -0.15) is 13.2 Å². The lowest BCUT2D eigenvalue weighted by atomic mass is 10.1. The van der Waals surface area contributed by atoms with Crippen molar-refractivity contribution in [1.82, 2.24) is 5.32 Å². The number of hydrogen-bond donors (Lipinski definition) is 2. The van der Waals surface area contributed by atoms with E-state index < -0.39 is 29.5 Å². The maximum Gasteiger partial charge on any atom is 0.416 e. The van der Waals surface area contributed by atoms with Gasteiger partial charge in [0.15, 0.2) is 0 Å². The monoisotopic (exact) mass is 380 g/mol. The molecule has 2 aromatic rings. The van der Waals surface area contributed by atoms with Gasteiger partial charge in [0.2, 0.25) is 5.91 Å². The molecule has 0 radical (unpaired) electrons. The standard InChI is InChI=1S/C18H15F3N2O4/c1-27-17(26)12-4-8-14(9-5-12)23-15(24)10-22-16(25)11-2-6-13(7-3-11)18(19,20)21/h2-9H,10H2,1H3,(H,22,25)(H,23,24). The highest BCUT2D eigenvalue weighted by molar-refractivity contribution is 5.99. The molecule has 142 valence electrons. The number of amides is 2. The highest BCUT2D eigenvalue weighted by Gasteiger charge is 2.30. The number of benzene rings is 2. The van der Waals surface area contributed by atoms with Gasteiger partial charge in [-0.25, -0.2) is 4.79 Å². The zero-order valence-corrected chi connectivity index (χ0v) is 14.1. The molecule has 9 heteroatoms. The number of ether oxygens (including phenoxy) is 1. The number of nitrogens with one attached hydrogen (secondary N) is 2. The molecular formula is C18H15F3N2O4. The first-order valence-electron chi connectivity index (χ1n) is 7.64. The number of halogens is 3. The lowest BCUT2D eigenvalue weighted by Gasteiger charge is -2.09. The Balaban J connectivity index is 1.87. The fourth-order valence-electron chi connectivity index (χ4n) is 2.09. The maximum absolute atomic E-state index is 12.5. The predicted molar refractivity (Wildman–Crippen MR) is 90.2 cm³/mol. The van der Waals surface area contributed by atoms with Crippen LogP contribution >= 0.6 is 0 Å². The van der Waals surface area contributed by atoms with Crippen molar-refractivity contribution < 1.29 is 32.3 Å². The molecule has 0 aliphatic heterocycles. The molecule has 0 aromatic heterocycles. The summed E-state index contributed by atoms with van der Waals surface area (Å²) in [6.07, 6.45) is -4.49. The number of rotatable bonds is 5. The quantitative estimate of drug-likeness (QED) is 0.782. The van der Waals surface area contributed by atoms with Crippen molar-refractivity contribution in [3.8, 4) is 0 Å². The van der Waals surface area contributed by atoms with Crippen LogP contribution in [0.3, 0.4) is 0 Å². The summed E-state index contributed by atoms with van der Waals surface area (Å²) in [6, 6.07) is 9.53. The Hall–Kier alpha value is -3.36. The molecule has 0 unspecified atom stereocenters. The van der Waals surface area contributed by atoms with Gasteiger partial charge >= 0.3 is 12.1 Å². The molecule has 2 aromatic carbocycles. The average Bonchev–Trinajstić information content (AvgIpc) is 2.65. The summed E-state index contributed by atoms with van der Waals surface area (Å²) >= 11 is 0. The van der Waals surface area contributed by atoms with E-state index in [9.17, 15) is 27.6 Å². The number of esters is 1. The lowest BCUT2D eigenvalue weighted by Crippen LogP contribution is -2.32. The second-order valence-corrected chi connectivity index (χ2v) is 5.37. The fourth-order valence-corrected chi connectivity index (χ4v) is 2.09. The van der Waals surface area contributed by atoms with Gasteiger partial charge in [0.05, 0.1) is 24.8 Å². The Kier molecular flexibility index (Phi) is 6.17. The zero-order valence-electron chi connectivity index (χ0n) is 14.1. The van der Waals surface area contributed by atoms with Crippen molar-refractivity contribution in [3.05, 3.63) is 65.2 Å². The topological polar surface area (TPSA) is 84.5 Å². The molecule has 0 spiro atoms. The summed E-state index contributed by atoms with van der Waals surface area (Å²) in [5.74, 6) is -1.74. The maximum atomic E-state index is 12.5. The van der Waals surface area contributed by atoms with E-state index in [1.54, 1.807) is 0 Å². The number of hydrogen-bond acceptors (Lipinski definition) is 4. The van der Waals surface area contributed by atoms with Crippen LogP contribution < -0.4 is 10.6 Å². The Labute approximate surface area is 152 Å². The van der Waals surface area contributed by atoms with Gasteiger partial charge in [-0.1, -0.05) is 0 Å². The van der Waals surface area contributed by atoms with Gasteiger partial charge < -0.3 is 15.4 Å². The summed E-state index contributed by atoms with van der Waals surface area (Å²) < 4.78 is 42.0. The van der Waals surface area contributed by atoms with Crippen LogP contribution in [0.2, 0.25) is 0 Å². The number of methoxy groups -OCH3 is 1. The first kappa shape index (κ1) is 20.0. The third kappa shape index (κ3) is 5.56. The van der Waals surface area contributed by atoms with Crippen molar-refractivity contribution in [1.29, 1.82) is 0 Å². The number of alkyl halides is 3. The minimum atomic E-state index is -4.49. The van der Waals surface area contributed by atoms with Crippen LogP contribution in [-0.4, -0.2) is 31.4 Å². The second-order valence-electron chi connectivity index (χ2n) is 5.37. The van der Waals surface area contributed by atoms with Crippen molar-refractivity contribution in [2.45, 2.75) is 6.18 Å². The van der Waals surface area contributed by atoms with E-state index in [1.165, 1.54) is 31.4 Å². The molecule has 27 heavy (non-hydrogen) atoms. The first-order valence-corrected chi connectivity index (χ1v) is 7.64. The second kappa shape index (κ2) is 8.35. The number of carbonyl (C=O) groups is 3. The normalized spacial score (nSPS) is 10.8. The van der Waals surface area contributed by atoms with E-state index in [2.05, 4.69) is 15.4 Å². The third-order valence-electron chi connectivity index (χ3n) is 3.47. The molecule has 0 aliphatic carbocycles. The fraction of sp³-hybridized carbons (Fsp3) is 0.167. The van der Waals surface area contributed by atoms with Crippen LogP contribution in [0.15, 0.2) is 48.5 Å². The van der Waals surface area contributed by atoms with Crippen molar-refractivity contribution in [3.63, 3.8) is 0 Å². The molecule has 0 atom stereocenters. The highest BCUT2D eigenvalue weighted by atomic mass is 19.4. The minimum Gasteiger partial charge on any atom is -0.465 e. The van der Waals surface area contributed by atoms with Gasteiger partial charge in [-0.3, -0.25) is 9.59 Å². The van der Waals surface area contributed by atoms with Crippen molar-refractivity contribution in [2.75, 3.05) is 19.0 Å². The molecule has 0 bridgehead atoms. The molecule has 0 saturated heterocycles. The smallest absolute Gasteiger partial charge is 0.416 e. The Bertz CT molecular complexity index is 831. The Morgan fingerprint density at radius 3 is 2.00 bits per heavy atom. The first-order chi connectivity index (χ1) is 12.7. The van der Waals surface area contributed by atoms with E-state index in [0.29, 0.717) is 11.3 Å². The molecule has 2 N–H and O–H groups in total. The largest absolute Gasteiger partial charge is 0.465 e. The van der Waals surface area contributed by atoms with Gasteiger partial charge in [-0.05, 0) is 48.5 Å². The highest BCUT2D eigenvalue weighted by Crippen LogP contribution is 2.29. The van der Waals surface area contributed by atoms with E-state index in [-0.39, 0.29) is 12.1 Å². The van der Waals surface area contributed by atoms with Crippen LogP contribution in [-0.2, 0) is 15.7 Å². The van der Waals surface area contributed by atoms with Gasteiger partial charge in [0.25, 0.3) is 5.91 Å². The van der Waals surface area contributed by atoms with Gasteiger partial charge in [-0.15, -0.1) is 0 Å². The van der Waals surface area contributed by atoms with Crippen LogP contribution in [0.4, 0.5) is 18.9 Å². The zero-order chi connectivity index (χ0) is 20.0. The SMILES string of the molecule is COC(=O)c1ccc(NC(=O)CNC(=O)c2ccc(C(F)(F)F)cc2)cc1.